The van der Waals surface area contributed by atoms with Gasteiger partial charge in [-0.2, -0.15) is 0 Å². The standard InChI is InChI=1S/C21H23N3O/c1-13-4-6-15(3)18(10-13)23-21(25)16-7-8-17-19(11-16)24-12-14(2)5-9-20(24)22-17/h4-6,9-10,12,16H,7-8,11H2,1-3H3,(H,23,25). The van der Waals surface area contributed by atoms with E-state index in [-0.39, 0.29) is 11.8 Å². The molecule has 0 radical (unpaired) electrons. The molecule has 2 heterocycles. The first kappa shape index (κ1) is 15.9. The summed E-state index contributed by atoms with van der Waals surface area (Å²) >= 11 is 0. The lowest BCUT2D eigenvalue weighted by Gasteiger charge is -2.22. The van der Waals surface area contributed by atoms with Crippen LogP contribution < -0.4 is 5.32 Å². The smallest absolute Gasteiger partial charge is 0.227 e. The van der Waals surface area contributed by atoms with E-state index < -0.39 is 0 Å². The van der Waals surface area contributed by atoms with E-state index in [2.05, 4.69) is 47.1 Å². The molecule has 1 atom stereocenters. The highest BCUT2D eigenvalue weighted by Gasteiger charge is 2.28. The molecule has 0 spiro atoms. The van der Waals surface area contributed by atoms with Crippen molar-refractivity contribution in [3.63, 3.8) is 0 Å². The molecule has 0 saturated carbocycles. The third-order valence-electron chi connectivity index (χ3n) is 5.14. The summed E-state index contributed by atoms with van der Waals surface area (Å²) in [5.74, 6) is 0.106. The van der Waals surface area contributed by atoms with Gasteiger partial charge < -0.3 is 9.72 Å². The van der Waals surface area contributed by atoms with Crippen molar-refractivity contribution in [2.75, 3.05) is 5.32 Å². The van der Waals surface area contributed by atoms with Gasteiger partial charge in [-0.1, -0.05) is 18.2 Å². The normalized spacial score (nSPS) is 16.7. The van der Waals surface area contributed by atoms with Crippen molar-refractivity contribution in [3.05, 3.63) is 64.6 Å². The van der Waals surface area contributed by atoms with E-state index in [0.29, 0.717) is 0 Å². The number of carbonyl (C=O) groups excluding carboxylic acids is 1. The third kappa shape index (κ3) is 2.93. The molecule has 25 heavy (non-hydrogen) atoms. The maximum absolute atomic E-state index is 12.8. The number of benzene rings is 1. The minimum atomic E-state index is -0.00664. The van der Waals surface area contributed by atoms with Crippen LogP contribution in [0.2, 0.25) is 0 Å². The van der Waals surface area contributed by atoms with Crippen LogP contribution in [0.3, 0.4) is 0 Å². The summed E-state index contributed by atoms with van der Waals surface area (Å²) in [6.07, 6.45) is 4.58. The summed E-state index contributed by atoms with van der Waals surface area (Å²) in [7, 11) is 0. The summed E-state index contributed by atoms with van der Waals surface area (Å²) in [4.78, 5) is 17.6. The molecule has 1 aliphatic rings. The van der Waals surface area contributed by atoms with Gasteiger partial charge in [-0.05, 0) is 62.4 Å². The molecule has 0 fully saturated rings. The minimum absolute atomic E-state index is 0.00664. The van der Waals surface area contributed by atoms with E-state index in [4.69, 9.17) is 4.98 Å². The van der Waals surface area contributed by atoms with Crippen LogP contribution >= 0.6 is 0 Å². The number of imidazole rings is 1. The number of aromatic nitrogens is 2. The van der Waals surface area contributed by atoms with Gasteiger partial charge in [0, 0.05) is 29.9 Å². The zero-order valence-corrected chi connectivity index (χ0v) is 15.0. The number of nitrogens with one attached hydrogen (secondary N) is 1. The number of aryl methyl sites for hydroxylation is 4. The molecule has 4 nitrogen and oxygen atoms in total. The molecule has 1 unspecified atom stereocenters. The number of fused-ring (bicyclic) bond motifs is 3. The molecule has 3 aromatic rings. The van der Waals surface area contributed by atoms with Gasteiger partial charge in [0.2, 0.25) is 5.91 Å². The monoisotopic (exact) mass is 333 g/mol. The van der Waals surface area contributed by atoms with E-state index in [1.165, 1.54) is 11.3 Å². The Morgan fingerprint density at radius 1 is 1.16 bits per heavy atom. The Hall–Kier alpha value is -2.62. The second-order valence-electron chi connectivity index (χ2n) is 7.19. The van der Waals surface area contributed by atoms with Crippen molar-refractivity contribution in [3.8, 4) is 0 Å². The Balaban J connectivity index is 1.59. The van der Waals surface area contributed by atoms with E-state index in [9.17, 15) is 4.79 Å². The van der Waals surface area contributed by atoms with Gasteiger partial charge in [-0.25, -0.2) is 4.98 Å². The van der Waals surface area contributed by atoms with Crippen LogP contribution in [-0.4, -0.2) is 15.3 Å². The van der Waals surface area contributed by atoms with E-state index in [1.54, 1.807) is 0 Å². The average molecular weight is 333 g/mol. The third-order valence-corrected chi connectivity index (χ3v) is 5.14. The Kier molecular flexibility index (Phi) is 3.83. The molecular weight excluding hydrogens is 310 g/mol. The highest BCUT2D eigenvalue weighted by Crippen LogP contribution is 2.28. The number of hydrogen-bond donors (Lipinski definition) is 1. The van der Waals surface area contributed by atoms with E-state index in [1.807, 2.05) is 19.9 Å². The number of anilines is 1. The number of hydrogen-bond acceptors (Lipinski definition) is 2. The van der Waals surface area contributed by atoms with Crippen LogP contribution in [0, 0.1) is 26.7 Å². The van der Waals surface area contributed by atoms with Crippen LogP contribution in [0.4, 0.5) is 5.69 Å². The fourth-order valence-electron chi connectivity index (χ4n) is 3.64. The first-order chi connectivity index (χ1) is 12.0. The Morgan fingerprint density at radius 3 is 2.80 bits per heavy atom. The minimum Gasteiger partial charge on any atom is -0.326 e. The zero-order chi connectivity index (χ0) is 17.6. The Bertz CT molecular complexity index is 971. The first-order valence-corrected chi connectivity index (χ1v) is 8.86. The van der Waals surface area contributed by atoms with Gasteiger partial charge in [0.1, 0.15) is 5.65 Å². The number of pyridine rings is 1. The Morgan fingerprint density at radius 2 is 1.96 bits per heavy atom. The summed E-state index contributed by atoms with van der Waals surface area (Å²) in [6, 6.07) is 10.3. The van der Waals surface area contributed by atoms with Gasteiger partial charge in [-0.15, -0.1) is 0 Å². The van der Waals surface area contributed by atoms with Gasteiger partial charge >= 0.3 is 0 Å². The first-order valence-electron chi connectivity index (χ1n) is 8.86. The van der Waals surface area contributed by atoms with E-state index >= 15 is 0 Å². The van der Waals surface area contributed by atoms with Gasteiger partial charge in [0.05, 0.1) is 5.69 Å². The second-order valence-corrected chi connectivity index (χ2v) is 7.19. The molecular formula is C21H23N3O. The summed E-state index contributed by atoms with van der Waals surface area (Å²) in [6.45, 7) is 6.16. The van der Waals surface area contributed by atoms with Crippen LogP contribution in [-0.2, 0) is 17.6 Å². The molecule has 0 bridgehead atoms. The lowest BCUT2D eigenvalue weighted by atomic mass is 9.89. The van der Waals surface area contributed by atoms with Gasteiger partial charge in [0.25, 0.3) is 0 Å². The molecule has 0 aliphatic heterocycles. The SMILES string of the molecule is Cc1ccc(C)c(NC(=O)C2CCc3nc4ccc(C)cn4c3C2)c1. The van der Waals surface area contributed by atoms with Crippen molar-refractivity contribution in [2.45, 2.75) is 40.0 Å². The second kappa shape index (κ2) is 6.03. The maximum atomic E-state index is 12.8. The summed E-state index contributed by atoms with van der Waals surface area (Å²) in [5, 5.41) is 3.13. The summed E-state index contributed by atoms with van der Waals surface area (Å²) in [5.41, 5.74) is 7.68. The molecule has 128 valence electrons. The van der Waals surface area contributed by atoms with Crippen molar-refractivity contribution in [1.29, 1.82) is 0 Å². The average Bonchev–Trinajstić information content (AvgIpc) is 2.95. The van der Waals surface area contributed by atoms with Crippen LogP contribution in [0.15, 0.2) is 36.5 Å². The van der Waals surface area contributed by atoms with Crippen molar-refractivity contribution < 1.29 is 4.79 Å². The van der Waals surface area contributed by atoms with Gasteiger partial charge in [-0.3, -0.25) is 4.79 Å². The van der Waals surface area contributed by atoms with E-state index in [0.717, 1.165) is 47.4 Å². The van der Waals surface area contributed by atoms with Gasteiger partial charge in [0.15, 0.2) is 0 Å². The topological polar surface area (TPSA) is 46.4 Å². The predicted octanol–water partition coefficient (Wildman–Crippen LogP) is 4.00. The predicted molar refractivity (Wildman–Crippen MR) is 100.0 cm³/mol. The fourth-order valence-corrected chi connectivity index (χ4v) is 3.64. The maximum Gasteiger partial charge on any atom is 0.227 e. The highest BCUT2D eigenvalue weighted by atomic mass is 16.1. The Labute approximate surface area is 147 Å². The zero-order valence-electron chi connectivity index (χ0n) is 15.0. The molecule has 4 heteroatoms. The fraction of sp³-hybridized carbons (Fsp3) is 0.333. The number of amides is 1. The van der Waals surface area contributed by atoms with Crippen LogP contribution in [0.25, 0.3) is 5.65 Å². The molecule has 2 aromatic heterocycles. The number of nitrogens with zero attached hydrogens (tertiary/aromatic N) is 2. The molecule has 4 rings (SSSR count). The molecule has 0 saturated heterocycles. The molecule has 1 aromatic carbocycles. The van der Waals surface area contributed by atoms with Crippen LogP contribution in [0.5, 0.6) is 0 Å². The summed E-state index contributed by atoms with van der Waals surface area (Å²) < 4.78 is 2.15. The lowest BCUT2D eigenvalue weighted by molar-refractivity contribution is -0.120. The molecule has 1 N–H and O–H groups in total. The number of carbonyl (C=O) groups is 1. The molecule has 1 amide bonds. The van der Waals surface area contributed by atoms with Crippen LogP contribution in [0.1, 0.15) is 34.5 Å². The van der Waals surface area contributed by atoms with Crippen molar-refractivity contribution in [1.82, 2.24) is 9.38 Å². The molecule has 1 aliphatic carbocycles. The quantitative estimate of drug-likeness (QED) is 0.770. The highest BCUT2D eigenvalue weighted by molar-refractivity contribution is 5.93. The largest absolute Gasteiger partial charge is 0.326 e. The van der Waals surface area contributed by atoms with Crippen molar-refractivity contribution >= 4 is 17.2 Å². The lowest BCUT2D eigenvalue weighted by Crippen LogP contribution is -2.29. The van der Waals surface area contributed by atoms with Crippen molar-refractivity contribution in [2.24, 2.45) is 5.92 Å². The number of rotatable bonds is 2.